The van der Waals surface area contributed by atoms with E-state index in [9.17, 15) is 9.59 Å². The third-order valence-corrected chi connectivity index (χ3v) is 4.09. The Bertz CT molecular complexity index is 332. The van der Waals surface area contributed by atoms with Gasteiger partial charge in [-0.1, -0.05) is 6.92 Å². The minimum Gasteiger partial charge on any atom is -0.481 e. The maximum absolute atomic E-state index is 12.4. The Kier molecular flexibility index (Phi) is 4.22. The molecule has 0 spiro atoms. The Morgan fingerprint density at radius 3 is 2.78 bits per heavy atom. The van der Waals surface area contributed by atoms with Gasteiger partial charge in [-0.3, -0.25) is 9.59 Å². The van der Waals surface area contributed by atoms with Gasteiger partial charge < -0.3 is 15.3 Å². The first kappa shape index (κ1) is 13.3. The second-order valence-electron chi connectivity index (χ2n) is 5.59. The van der Waals surface area contributed by atoms with Crippen molar-refractivity contribution >= 4 is 11.9 Å². The number of likely N-dealkylation sites (tertiary alicyclic amines) is 1. The molecule has 102 valence electrons. The smallest absolute Gasteiger partial charge is 0.303 e. The molecule has 2 saturated heterocycles. The first-order valence-corrected chi connectivity index (χ1v) is 6.82. The van der Waals surface area contributed by atoms with E-state index in [1.807, 2.05) is 4.90 Å². The lowest BCUT2D eigenvalue weighted by Gasteiger charge is -2.34. The molecule has 0 bridgehead atoms. The van der Waals surface area contributed by atoms with Crippen LogP contribution in [-0.2, 0) is 9.59 Å². The molecule has 2 N–H and O–H groups in total. The molecule has 2 aliphatic heterocycles. The molecule has 0 aliphatic carbocycles. The number of nitrogens with zero attached hydrogens (tertiary/aromatic N) is 1. The van der Waals surface area contributed by atoms with E-state index in [-0.39, 0.29) is 24.3 Å². The maximum atomic E-state index is 12.4. The van der Waals surface area contributed by atoms with Gasteiger partial charge in [-0.2, -0.15) is 0 Å². The number of carboxylic acid groups (broad SMARTS) is 1. The van der Waals surface area contributed by atoms with Gasteiger partial charge in [0.25, 0.3) is 0 Å². The fourth-order valence-electron chi connectivity index (χ4n) is 3.04. The molecular weight excluding hydrogens is 232 g/mol. The number of hydrogen-bond donors (Lipinski definition) is 2. The number of hydrogen-bond acceptors (Lipinski definition) is 3. The topological polar surface area (TPSA) is 69.6 Å². The maximum Gasteiger partial charge on any atom is 0.303 e. The van der Waals surface area contributed by atoms with E-state index < -0.39 is 5.97 Å². The zero-order valence-electron chi connectivity index (χ0n) is 10.9. The van der Waals surface area contributed by atoms with Gasteiger partial charge in [0.1, 0.15) is 0 Å². The van der Waals surface area contributed by atoms with Crippen molar-refractivity contribution in [3.8, 4) is 0 Å². The summed E-state index contributed by atoms with van der Waals surface area (Å²) in [6, 6.07) is -0.0615. The minimum absolute atomic E-state index is 0.0615. The number of piperidine rings is 1. The number of rotatable bonds is 3. The molecule has 2 rings (SSSR count). The number of carboxylic acids is 1. The van der Waals surface area contributed by atoms with E-state index in [1.165, 1.54) is 0 Å². The van der Waals surface area contributed by atoms with Crippen LogP contribution in [0.1, 0.15) is 32.6 Å². The van der Waals surface area contributed by atoms with Crippen LogP contribution in [0.25, 0.3) is 0 Å². The molecule has 0 aromatic rings. The number of aliphatic carboxylic acids is 1. The molecular formula is C13H22N2O3. The lowest BCUT2D eigenvalue weighted by atomic mass is 9.93. The van der Waals surface area contributed by atoms with Crippen molar-refractivity contribution < 1.29 is 14.7 Å². The Balaban J connectivity index is 1.91. The minimum atomic E-state index is -0.762. The van der Waals surface area contributed by atoms with Crippen LogP contribution in [-0.4, -0.2) is 47.6 Å². The highest BCUT2D eigenvalue weighted by molar-refractivity contribution is 5.82. The Morgan fingerprint density at radius 1 is 1.39 bits per heavy atom. The van der Waals surface area contributed by atoms with E-state index in [1.54, 1.807) is 0 Å². The standard InChI is InChI=1S/C13H22N2O3/c1-9-4-5-14-12(9)13(18)15-6-2-3-10(8-15)7-11(16)17/h9-10,12,14H,2-8H2,1H3,(H,16,17). The van der Waals surface area contributed by atoms with E-state index in [2.05, 4.69) is 12.2 Å². The average Bonchev–Trinajstić information content (AvgIpc) is 2.74. The quantitative estimate of drug-likeness (QED) is 0.778. The molecule has 3 unspecified atom stereocenters. The number of carbonyl (C=O) groups excluding carboxylic acids is 1. The summed E-state index contributed by atoms with van der Waals surface area (Å²) in [6.07, 6.45) is 3.06. The largest absolute Gasteiger partial charge is 0.481 e. The second kappa shape index (κ2) is 5.69. The summed E-state index contributed by atoms with van der Waals surface area (Å²) in [5.74, 6) is -0.0917. The molecule has 0 aromatic heterocycles. The zero-order chi connectivity index (χ0) is 13.1. The van der Waals surface area contributed by atoms with Crippen LogP contribution >= 0.6 is 0 Å². The van der Waals surface area contributed by atoms with Crippen LogP contribution in [0.15, 0.2) is 0 Å². The Hall–Kier alpha value is -1.10. The lowest BCUT2D eigenvalue weighted by molar-refractivity contribution is -0.141. The molecule has 0 saturated carbocycles. The van der Waals surface area contributed by atoms with Gasteiger partial charge in [0, 0.05) is 19.5 Å². The Morgan fingerprint density at radius 2 is 2.17 bits per heavy atom. The zero-order valence-corrected chi connectivity index (χ0v) is 10.9. The van der Waals surface area contributed by atoms with Gasteiger partial charge >= 0.3 is 5.97 Å². The first-order valence-electron chi connectivity index (χ1n) is 6.82. The first-order chi connectivity index (χ1) is 8.58. The average molecular weight is 254 g/mol. The van der Waals surface area contributed by atoms with Crippen LogP contribution < -0.4 is 5.32 Å². The van der Waals surface area contributed by atoms with Crippen LogP contribution in [0.2, 0.25) is 0 Å². The van der Waals surface area contributed by atoms with Crippen molar-refractivity contribution in [2.24, 2.45) is 11.8 Å². The number of nitrogens with one attached hydrogen (secondary N) is 1. The summed E-state index contributed by atoms with van der Waals surface area (Å²) >= 11 is 0. The lowest BCUT2D eigenvalue weighted by Crippen LogP contribution is -2.49. The molecule has 2 fully saturated rings. The van der Waals surface area contributed by atoms with Gasteiger partial charge in [-0.15, -0.1) is 0 Å². The molecule has 0 aromatic carbocycles. The van der Waals surface area contributed by atoms with E-state index in [4.69, 9.17) is 5.11 Å². The van der Waals surface area contributed by atoms with Crippen LogP contribution in [0, 0.1) is 11.8 Å². The normalized spacial score (nSPS) is 32.5. The third kappa shape index (κ3) is 3.02. The van der Waals surface area contributed by atoms with Gasteiger partial charge in [-0.25, -0.2) is 0 Å². The highest BCUT2D eigenvalue weighted by Crippen LogP contribution is 2.23. The number of amides is 1. The predicted molar refractivity (Wildman–Crippen MR) is 67.1 cm³/mol. The van der Waals surface area contributed by atoms with Gasteiger partial charge in [0.15, 0.2) is 0 Å². The second-order valence-corrected chi connectivity index (χ2v) is 5.59. The fourth-order valence-corrected chi connectivity index (χ4v) is 3.04. The molecule has 5 heteroatoms. The van der Waals surface area contributed by atoms with Crippen LogP contribution in [0.4, 0.5) is 0 Å². The Labute approximate surface area is 108 Å². The number of carbonyl (C=O) groups is 2. The van der Waals surface area contributed by atoms with Crippen molar-refractivity contribution in [2.45, 2.75) is 38.6 Å². The van der Waals surface area contributed by atoms with Crippen molar-refractivity contribution in [3.63, 3.8) is 0 Å². The van der Waals surface area contributed by atoms with Crippen LogP contribution in [0.5, 0.6) is 0 Å². The van der Waals surface area contributed by atoms with E-state index >= 15 is 0 Å². The highest BCUT2D eigenvalue weighted by Gasteiger charge is 2.34. The van der Waals surface area contributed by atoms with E-state index in [0.717, 1.165) is 32.4 Å². The van der Waals surface area contributed by atoms with Crippen molar-refractivity contribution in [1.82, 2.24) is 10.2 Å². The third-order valence-electron chi connectivity index (χ3n) is 4.09. The summed E-state index contributed by atoms with van der Waals surface area (Å²) in [5, 5.41) is 12.1. The SMILES string of the molecule is CC1CCNC1C(=O)N1CCCC(CC(=O)O)C1. The molecule has 5 nitrogen and oxygen atoms in total. The summed E-state index contributed by atoms with van der Waals surface area (Å²) in [7, 11) is 0. The molecule has 0 radical (unpaired) electrons. The van der Waals surface area contributed by atoms with Crippen molar-refractivity contribution in [2.75, 3.05) is 19.6 Å². The van der Waals surface area contributed by atoms with Gasteiger partial charge in [-0.05, 0) is 37.6 Å². The van der Waals surface area contributed by atoms with Gasteiger partial charge in [0.2, 0.25) is 5.91 Å². The molecule has 3 atom stereocenters. The van der Waals surface area contributed by atoms with Crippen molar-refractivity contribution in [3.05, 3.63) is 0 Å². The predicted octanol–water partition coefficient (Wildman–Crippen LogP) is 0.698. The summed E-state index contributed by atoms with van der Waals surface area (Å²) in [5.41, 5.74) is 0. The molecule has 2 aliphatic rings. The molecule has 2 heterocycles. The van der Waals surface area contributed by atoms with E-state index in [0.29, 0.717) is 12.5 Å². The summed E-state index contributed by atoms with van der Waals surface area (Å²) in [4.78, 5) is 25.0. The van der Waals surface area contributed by atoms with Crippen LogP contribution in [0.3, 0.4) is 0 Å². The monoisotopic (exact) mass is 254 g/mol. The fraction of sp³-hybridized carbons (Fsp3) is 0.846. The van der Waals surface area contributed by atoms with Gasteiger partial charge in [0.05, 0.1) is 6.04 Å². The summed E-state index contributed by atoms with van der Waals surface area (Å²) < 4.78 is 0. The molecule has 1 amide bonds. The summed E-state index contributed by atoms with van der Waals surface area (Å²) in [6.45, 7) is 4.39. The highest BCUT2D eigenvalue weighted by atomic mass is 16.4. The van der Waals surface area contributed by atoms with Crippen molar-refractivity contribution in [1.29, 1.82) is 0 Å². The molecule has 18 heavy (non-hydrogen) atoms.